The van der Waals surface area contributed by atoms with Gasteiger partial charge in [-0.05, 0) is 30.9 Å². The Kier molecular flexibility index (Phi) is 5.26. The molecule has 1 atom stereocenters. The summed E-state index contributed by atoms with van der Waals surface area (Å²) in [5, 5.41) is 0.414. The van der Waals surface area contributed by atoms with Crippen molar-refractivity contribution in [3.63, 3.8) is 0 Å². The Hall–Kier alpha value is -2.75. The zero-order valence-corrected chi connectivity index (χ0v) is 15.6. The van der Waals surface area contributed by atoms with Crippen LogP contribution in [-0.2, 0) is 26.0 Å². The van der Waals surface area contributed by atoms with Crippen molar-refractivity contribution in [3.8, 4) is 0 Å². The van der Waals surface area contributed by atoms with E-state index in [0.29, 0.717) is 17.3 Å². The summed E-state index contributed by atoms with van der Waals surface area (Å²) in [6, 6.07) is 5.23. The van der Waals surface area contributed by atoms with Crippen molar-refractivity contribution >= 4 is 32.6 Å². The number of carbonyl (C=O) groups excluding carboxylic acids is 2. The first-order chi connectivity index (χ1) is 12.7. The van der Waals surface area contributed by atoms with E-state index in [-0.39, 0.29) is 35.9 Å². The third kappa shape index (κ3) is 4.51. The van der Waals surface area contributed by atoms with E-state index >= 15 is 0 Å². The van der Waals surface area contributed by atoms with Gasteiger partial charge in [-0.25, -0.2) is 13.4 Å². The zero-order chi connectivity index (χ0) is 19.6. The van der Waals surface area contributed by atoms with Crippen molar-refractivity contribution in [1.29, 1.82) is 0 Å². The number of para-hydroxylation sites is 1. The predicted molar refractivity (Wildman–Crippen MR) is 98.4 cm³/mol. The molecule has 27 heavy (non-hydrogen) atoms. The predicted octanol–water partition coefficient (Wildman–Crippen LogP) is -0.323. The maximum Gasteiger partial charge on any atom is 0.261 e. The third-order valence-corrected chi connectivity index (χ3v) is 6.35. The molecule has 1 aromatic heterocycles. The summed E-state index contributed by atoms with van der Waals surface area (Å²) in [5.74, 6) is -1.20. The van der Waals surface area contributed by atoms with Crippen LogP contribution in [0, 0.1) is 12.8 Å². The number of fused-ring (bicyclic) bond motifs is 1. The van der Waals surface area contributed by atoms with Crippen molar-refractivity contribution in [3.05, 3.63) is 40.4 Å². The molecule has 9 nitrogen and oxygen atoms in total. The Morgan fingerprint density at radius 1 is 1.26 bits per heavy atom. The second-order valence-corrected chi connectivity index (χ2v) is 8.95. The van der Waals surface area contributed by atoms with E-state index in [1.165, 1.54) is 6.33 Å². The minimum atomic E-state index is -3.05. The van der Waals surface area contributed by atoms with Crippen LogP contribution in [0.1, 0.15) is 18.4 Å². The molecule has 2 N–H and O–H groups in total. The van der Waals surface area contributed by atoms with Crippen LogP contribution in [0.25, 0.3) is 10.9 Å². The minimum absolute atomic E-state index is 0.00800. The molecule has 1 saturated heterocycles. The molecule has 0 bridgehead atoms. The quantitative estimate of drug-likeness (QED) is 0.687. The summed E-state index contributed by atoms with van der Waals surface area (Å²) in [6.45, 7) is 1.55. The van der Waals surface area contributed by atoms with Gasteiger partial charge in [-0.15, -0.1) is 0 Å². The van der Waals surface area contributed by atoms with Gasteiger partial charge in [0.05, 0.1) is 28.7 Å². The summed E-state index contributed by atoms with van der Waals surface area (Å²) in [5.41, 5.74) is 5.59. The lowest BCUT2D eigenvalue weighted by Crippen LogP contribution is -2.44. The molecule has 1 aliphatic rings. The molecular formula is C17H20N4O5S. The second kappa shape index (κ2) is 7.47. The molecule has 1 aliphatic heterocycles. The van der Waals surface area contributed by atoms with Crippen molar-refractivity contribution in [1.82, 2.24) is 20.4 Å². The van der Waals surface area contributed by atoms with Crippen molar-refractivity contribution in [2.24, 2.45) is 5.92 Å². The highest BCUT2D eigenvalue weighted by Gasteiger charge is 2.29. The monoisotopic (exact) mass is 392 g/mol. The molecule has 144 valence electrons. The fraction of sp³-hybridized carbons (Fsp3) is 0.412. The lowest BCUT2D eigenvalue weighted by molar-refractivity contribution is -0.129. The first-order valence-electron chi connectivity index (χ1n) is 8.48. The Labute approximate surface area is 155 Å². The first kappa shape index (κ1) is 19.0. The summed E-state index contributed by atoms with van der Waals surface area (Å²) >= 11 is 0. The molecule has 3 rings (SSSR count). The number of sulfone groups is 1. The molecule has 1 aromatic carbocycles. The largest absolute Gasteiger partial charge is 0.289 e. The van der Waals surface area contributed by atoms with Crippen LogP contribution in [0.3, 0.4) is 0 Å². The smallest absolute Gasteiger partial charge is 0.261 e. The molecular weight excluding hydrogens is 372 g/mol. The number of hydrogen-bond acceptors (Lipinski definition) is 6. The molecule has 2 aromatic rings. The first-order valence-corrected chi connectivity index (χ1v) is 10.3. The summed E-state index contributed by atoms with van der Waals surface area (Å²) in [4.78, 5) is 40.5. The lowest BCUT2D eigenvalue weighted by atomic mass is 10.1. The lowest BCUT2D eigenvalue weighted by Gasteiger charge is -2.11. The van der Waals surface area contributed by atoms with Crippen molar-refractivity contribution < 1.29 is 18.0 Å². The Bertz CT molecular complexity index is 1060. The second-order valence-electron chi connectivity index (χ2n) is 6.72. The topological polar surface area (TPSA) is 127 Å². The van der Waals surface area contributed by atoms with Gasteiger partial charge in [0, 0.05) is 6.42 Å². The Balaban J connectivity index is 1.57. The number of amides is 2. The van der Waals surface area contributed by atoms with E-state index in [1.807, 2.05) is 13.0 Å². The molecule has 1 unspecified atom stereocenters. The molecule has 0 spiro atoms. The highest BCUT2D eigenvalue weighted by Crippen LogP contribution is 2.21. The van der Waals surface area contributed by atoms with E-state index in [1.54, 1.807) is 12.1 Å². The number of hydrazine groups is 1. The van der Waals surface area contributed by atoms with Gasteiger partial charge >= 0.3 is 0 Å². The molecule has 1 fully saturated rings. The van der Waals surface area contributed by atoms with Crippen LogP contribution in [0.4, 0.5) is 0 Å². The van der Waals surface area contributed by atoms with Gasteiger partial charge in [0.15, 0.2) is 9.84 Å². The van der Waals surface area contributed by atoms with Crippen LogP contribution >= 0.6 is 0 Å². The van der Waals surface area contributed by atoms with Gasteiger partial charge in [0.25, 0.3) is 11.5 Å². The van der Waals surface area contributed by atoms with Gasteiger partial charge in [-0.2, -0.15) is 0 Å². The van der Waals surface area contributed by atoms with Crippen LogP contribution in [0.2, 0.25) is 0 Å². The molecule has 2 amide bonds. The Morgan fingerprint density at radius 2 is 2.00 bits per heavy atom. The number of nitrogens with one attached hydrogen (secondary N) is 2. The zero-order valence-electron chi connectivity index (χ0n) is 14.8. The molecule has 2 heterocycles. The summed E-state index contributed by atoms with van der Waals surface area (Å²) < 4.78 is 24.0. The van der Waals surface area contributed by atoms with Gasteiger partial charge in [-0.1, -0.05) is 12.1 Å². The number of benzene rings is 1. The summed E-state index contributed by atoms with van der Waals surface area (Å²) in [6.07, 6.45) is 1.76. The van der Waals surface area contributed by atoms with Crippen LogP contribution in [-0.4, -0.2) is 41.3 Å². The number of aromatic nitrogens is 2. The van der Waals surface area contributed by atoms with Crippen LogP contribution in [0.5, 0.6) is 0 Å². The summed E-state index contributed by atoms with van der Waals surface area (Å²) in [7, 11) is -3.05. The average molecular weight is 392 g/mol. The SMILES string of the molecule is Cc1cccc2c(=O)n(CC(=O)NNC(=O)CC3CCS(=O)(=O)C3)cnc12. The van der Waals surface area contributed by atoms with E-state index in [2.05, 4.69) is 15.8 Å². The fourth-order valence-corrected chi connectivity index (χ4v) is 4.99. The Morgan fingerprint density at radius 3 is 2.70 bits per heavy atom. The van der Waals surface area contributed by atoms with Crippen LogP contribution in [0.15, 0.2) is 29.3 Å². The van der Waals surface area contributed by atoms with Gasteiger partial charge < -0.3 is 0 Å². The third-order valence-electron chi connectivity index (χ3n) is 4.51. The van der Waals surface area contributed by atoms with E-state index in [0.717, 1.165) is 10.1 Å². The molecule has 0 radical (unpaired) electrons. The van der Waals surface area contributed by atoms with Gasteiger partial charge in [-0.3, -0.25) is 29.8 Å². The number of nitrogens with zero attached hydrogens (tertiary/aromatic N) is 2. The van der Waals surface area contributed by atoms with Crippen LogP contribution < -0.4 is 16.4 Å². The number of aryl methyl sites for hydroxylation is 1. The van der Waals surface area contributed by atoms with Crippen molar-refractivity contribution in [2.45, 2.75) is 26.3 Å². The van der Waals surface area contributed by atoms with E-state index in [4.69, 9.17) is 0 Å². The number of hydrogen-bond donors (Lipinski definition) is 2. The van der Waals surface area contributed by atoms with Gasteiger partial charge in [0.1, 0.15) is 6.54 Å². The molecule has 10 heteroatoms. The fourth-order valence-electron chi connectivity index (χ4n) is 3.13. The van der Waals surface area contributed by atoms with Crippen molar-refractivity contribution in [2.75, 3.05) is 11.5 Å². The maximum absolute atomic E-state index is 12.4. The van der Waals surface area contributed by atoms with E-state index < -0.39 is 21.7 Å². The number of carbonyl (C=O) groups is 2. The molecule has 0 saturated carbocycles. The highest BCUT2D eigenvalue weighted by molar-refractivity contribution is 7.91. The average Bonchev–Trinajstić information content (AvgIpc) is 2.94. The standard InChI is InChI=1S/C17H20N4O5S/c1-11-3-2-4-13-16(11)18-10-21(17(13)24)8-15(23)20-19-14(22)7-12-5-6-27(25,26)9-12/h2-4,10,12H,5-9H2,1H3,(H,19,22)(H,20,23). The number of rotatable bonds is 4. The highest BCUT2D eigenvalue weighted by atomic mass is 32.2. The maximum atomic E-state index is 12.4. The van der Waals surface area contributed by atoms with Gasteiger partial charge in [0.2, 0.25) is 5.91 Å². The van der Waals surface area contributed by atoms with E-state index in [9.17, 15) is 22.8 Å². The molecule has 0 aliphatic carbocycles. The normalized spacial score (nSPS) is 18.3. The minimum Gasteiger partial charge on any atom is -0.289 e.